The number of ether oxygens (including phenoxy) is 1. The zero-order valence-corrected chi connectivity index (χ0v) is 11.1. The Kier molecular flexibility index (Phi) is 3.66. The van der Waals surface area contributed by atoms with Crippen LogP contribution in [0.3, 0.4) is 0 Å². The number of aliphatic hydroxyl groups is 1. The maximum absolute atomic E-state index is 12.2. The maximum atomic E-state index is 12.2. The molecule has 6 heteroatoms. The van der Waals surface area contributed by atoms with Crippen LogP contribution in [0.4, 0.5) is 0 Å². The Balaban J connectivity index is 1.68. The van der Waals surface area contributed by atoms with Crippen LogP contribution in [0.25, 0.3) is 5.65 Å². The van der Waals surface area contributed by atoms with Crippen molar-refractivity contribution >= 4 is 11.6 Å². The lowest BCUT2D eigenvalue weighted by Crippen LogP contribution is -2.47. The van der Waals surface area contributed by atoms with Gasteiger partial charge in [-0.2, -0.15) is 0 Å². The maximum Gasteiger partial charge on any atom is 0.228 e. The third kappa shape index (κ3) is 2.66. The van der Waals surface area contributed by atoms with Crippen molar-refractivity contribution in [3.8, 4) is 0 Å². The number of fused-ring (bicyclic) bond motifs is 1. The standard InChI is InChI=1S/C14H17N3O3/c18-10-12-9-17(5-6-20-12)14(19)7-11-8-16-4-2-1-3-13(16)15-11/h1-4,8,12,18H,5-7,9-10H2. The Bertz CT molecular complexity index is 577. The Labute approximate surface area is 116 Å². The van der Waals surface area contributed by atoms with Crippen LogP contribution < -0.4 is 0 Å². The lowest BCUT2D eigenvalue weighted by Gasteiger charge is -2.31. The summed E-state index contributed by atoms with van der Waals surface area (Å²) in [7, 11) is 0. The largest absolute Gasteiger partial charge is 0.394 e. The second-order valence-electron chi connectivity index (χ2n) is 4.89. The van der Waals surface area contributed by atoms with E-state index in [1.807, 2.05) is 35.0 Å². The highest BCUT2D eigenvalue weighted by molar-refractivity contribution is 5.78. The molecule has 3 rings (SSSR count). The highest BCUT2D eigenvalue weighted by Crippen LogP contribution is 2.09. The summed E-state index contributed by atoms with van der Waals surface area (Å²) in [4.78, 5) is 18.4. The number of nitrogens with zero attached hydrogens (tertiary/aromatic N) is 3. The molecule has 1 N–H and O–H groups in total. The summed E-state index contributed by atoms with van der Waals surface area (Å²) in [5.74, 6) is 0.0233. The summed E-state index contributed by atoms with van der Waals surface area (Å²) in [6, 6.07) is 5.75. The minimum absolute atomic E-state index is 0.0233. The molecule has 6 nitrogen and oxygen atoms in total. The number of aliphatic hydroxyl groups excluding tert-OH is 1. The monoisotopic (exact) mass is 275 g/mol. The fourth-order valence-corrected chi connectivity index (χ4v) is 2.40. The number of imidazole rings is 1. The smallest absolute Gasteiger partial charge is 0.228 e. The van der Waals surface area contributed by atoms with Gasteiger partial charge in [0.25, 0.3) is 0 Å². The van der Waals surface area contributed by atoms with Gasteiger partial charge in [-0.05, 0) is 12.1 Å². The number of hydrogen-bond donors (Lipinski definition) is 1. The molecule has 106 valence electrons. The summed E-state index contributed by atoms with van der Waals surface area (Å²) >= 11 is 0. The molecule has 1 unspecified atom stereocenters. The summed E-state index contributed by atoms with van der Waals surface area (Å²) in [5, 5.41) is 9.10. The molecule has 20 heavy (non-hydrogen) atoms. The fourth-order valence-electron chi connectivity index (χ4n) is 2.40. The molecular weight excluding hydrogens is 258 g/mol. The zero-order valence-electron chi connectivity index (χ0n) is 11.1. The third-order valence-electron chi connectivity index (χ3n) is 3.44. The van der Waals surface area contributed by atoms with E-state index in [1.165, 1.54) is 0 Å². The van der Waals surface area contributed by atoms with E-state index in [0.29, 0.717) is 19.7 Å². The van der Waals surface area contributed by atoms with Gasteiger partial charge in [0.2, 0.25) is 5.91 Å². The highest BCUT2D eigenvalue weighted by Gasteiger charge is 2.24. The summed E-state index contributed by atoms with van der Waals surface area (Å²) in [6.07, 6.45) is 3.79. The number of pyridine rings is 1. The first-order valence-electron chi connectivity index (χ1n) is 6.69. The van der Waals surface area contributed by atoms with Crippen LogP contribution in [0.1, 0.15) is 5.69 Å². The van der Waals surface area contributed by atoms with Crippen LogP contribution >= 0.6 is 0 Å². The summed E-state index contributed by atoms with van der Waals surface area (Å²) < 4.78 is 7.24. The van der Waals surface area contributed by atoms with Gasteiger partial charge in [-0.15, -0.1) is 0 Å². The van der Waals surface area contributed by atoms with Crippen molar-refractivity contribution in [2.45, 2.75) is 12.5 Å². The molecule has 0 aliphatic carbocycles. The van der Waals surface area contributed by atoms with E-state index in [-0.39, 0.29) is 25.0 Å². The van der Waals surface area contributed by atoms with E-state index in [9.17, 15) is 4.79 Å². The van der Waals surface area contributed by atoms with Crippen molar-refractivity contribution < 1.29 is 14.6 Å². The fraction of sp³-hybridized carbons (Fsp3) is 0.429. The van der Waals surface area contributed by atoms with E-state index < -0.39 is 0 Å². The molecule has 1 amide bonds. The number of carbonyl (C=O) groups is 1. The van der Waals surface area contributed by atoms with Gasteiger partial charge in [-0.1, -0.05) is 6.07 Å². The molecule has 0 spiro atoms. The molecule has 3 heterocycles. The molecule has 2 aromatic heterocycles. The average Bonchev–Trinajstić information content (AvgIpc) is 2.89. The molecule has 0 radical (unpaired) electrons. The van der Waals surface area contributed by atoms with E-state index in [0.717, 1.165) is 11.3 Å². The Morgan fingerprint density at radius 3 is 3.20 bits per heavy atom. The molecule has 2 aromatic rings. The third-order valence-corrected chi connectivity index (χ3v) is 3.44. The van der Waals surface area contributed by atoms with Crippen molar-refractivity contribution in [1.82, 2.24) is 14.3 Å². The van der Waals surface area contributed by atoms with Crippen LogP contribution in [-0.2, 0) is 16.0 Å². The van der Waals surface area contributed by atoms with Gasteiger partial charge in [0, 0.05) is 25.5 Å². The van der Waals surface area contributed by atoms with E-state index in [1.54, 1.807) is 4.90 Å². The molecule has 0 saturated carbocycles. The van der Waals surface area contributed by atoms with E-state index in [2.05, 4.69) is 4.98 Å². The SMILES string of the molecule is O=C(Cc1cn2ccccc2n1)N1CCOC(CO)C1. The predicted octanol–water partition coefficient (Wildman–Crippen LogP) is 0.0965. The molecule has 1 aliphatic rings. The first kappa shape index (κ1) is 13.1. The number of carbonyl (C=O) groups excluding carboxylic acids is 1. The van der Waals surface area contributed by atoms with Crippen molar-refractivity contribution in [3.63, 3.8) is 0 Å². The van der Waals surface area contributed by atoms with Gasteiger partial charge < -0.3 is 19.1 Å². The predicted molar refractivity (Wildman–Crippen MR) is 72.3 cm³/mol. The van der Waals surface area contributed by atoms with Gasteiger partial charge in [0.05, 0.1) is 31.4 Å². The van der Waals surface area contributed by atoms with Crippen molar-refractivity contribution in [1.29, 1.82) is 0 Å². The highest BCUT2D eigenvalue weighted by atomic mass is 16.5. The van der Waals surface area contributed by atoms with Gasteiger partial charge in [-0.3, -0.25) is 4.79 Å². The molecule has 0 bridgehead atoms. The average molecular weight is 275 g/mol. The molecule has 1 atom stereocenters. The first-order chi connectivity index (χ1) is 9.76. The molecule has 1 saturated heterocycles. The number of amides is 1. The number of hydrogen-bond acceptors (Lipinski definition) is 4. The lowest BCUT2D eigenvalue weighted by molar-refractivity contribution is -0.139. The minimum Gasteiger partial charge on any atom is -0.394 e. The van der Waals surface area contributed by atoms with Crippen molar-refractivity contribution in [3.05, 3.63) is 36.3 Å². The summed E-state index contributed by atoms with van der Waals surface area (Å²) in [5.41, 5.74) is 1.60. The quantitative estimate of drug-likeness (QED) is 0.862. The molecule has 1 fully saturated rings. The number of rotatable bonds is 3. The summed E-state index contributed by atoms with van der Waals surface area (Å²) in [6.45, 7) is 1.44. The van der Waals surface area contributed by atoms with Gasteiger partial charge in [0.15, 0.2) is 0 Å². The van der Waals surface area contributed by atoms with Crippen LogP contribution in [0, 0.1) is 0 Å². The topological polar surface area (TPSA) is 67.1 Å². The zero-order chi connectivity index (χ0) is 13.9. The van der Waals surface area contributed by atoms with E-state index in [4.69, 9.17) is 9.84 Å². The second-order valence-corrected chi connectivity index (χ2v) is 4.89. The van der Waals surface area contributed by atoms with Crippen molar-refractivity contribution in [2.75, 3.05) is 26.3 Å². The Morgan fingerprint density at radius 2 is 2.40 bits per heavy atom. The Hall–Kier alpha value is -1.92. The number of aromatic nitrogens is 2. The molecular formula is C14H17N3O3. The van der Waals surface area contributed by atoms with Crippen LogP contribution in [-0.4, -0.2) is 57.7 Å². The molecule has 1 aliphatic heterocycles. The number of morpholine rings is 1. The minimum atomic E-state index is -0.270. The van der Waals surface area contributed by atoms with Crippen LogP contribution in [0.2, 0.25) is 0 Å². The van der Waals surface area contributed by atoms with E-state index >= 15 is 0 Å². The van der Waals surface area contributed by atoms with Gasteiger partial charge in [-0.25, -0.2) is 4.98 Å². The lowest BCUT2D eigenvalue weighted by atomic mass is 10.2. The van der Waals surface area contributed by atoms with Gasteiger partial charge >= 0.3 is 0 Å². The van der Waals surface area contributed by atoms with Crippen LogP contribution in [0.5, 0.6) is 0 Å². The first-order valence-corrected chi connectivity index (χ1v) is 6.69. The molecule has 0 aromatic carbocycles. The van der Waals surface area contributed by atoms with Gasteiger partial charge in [0.1, 0.15) is 5.65 Å². The van der Waals surface area contributed by atoms with Crippen LogP contribution in [0.15, 0.2) is 30.6 Å². The Morgan fingerprint density at radius 1 is 1.50 bits per heavy atom. The second kappa shape index (κ2) is 5.60. The van der Waals surface area contributed by atoms with Crippen molar-refractivity contribution in [2.24, 2.45) is 0 Å². The normalized spacial score (nSPS) is 19.4.